The number of thiazole rings is 1. The Morgan fingerprint density at radius 1 is 1.09 bits per heavy atom. The molecule has 6 heteroatoms. The predicted molar refractivity (Wildman–Crippen MR) is 129 cm³/mol. The van der Waals surface area contributed by atoms with Crippen LogP contribution in [0.25, 0.3) is 10.8 Å². The van der Waals surface area contributed by atoms with E-state index in [4.69, 9.17) is 4.74 Å². The lowest BCUT2D eigenvalue weighted by molar-refractivity contribution is 0.0814. The van der Waals surface area contributed by atoms with Gasteiger partial charge in [-0.3, -0.25) is 9.69 Å². The lowest BCUT2D eigenvalue weighted by Crippen LogP contribution is -2.38. The van der Waals surface area contributed by atoms with Gasteiger partial charge >= 0.3 is 0 Å². The van der Waals surface area contributed by atoms with E-state index < -0.39 is 0 Å². The molecule has 0 spiro atoms. The fourth-order valence-corrected chi connectivity index (χ4v) is 6.59. The van der Waals surface area contributed by atoms with Crippen molar-refractivity contribution in [2.45, 2.75) is 32.2 Å². The van der Waals surface area contributed by atoms with Gasteiger partial charge in [-0.1, -0.05) is 30.3 Å². The first kappa shape index (κ1) is 20.3. The number of carbonyl (C=O) groups is 1. The average molecular weight is 448 g/mol. The van der Waals surface area contributed by atoms with Gasteiger partial charge < -0.3 is 9.64 Å². The Bertz CT molecular complexity index is 1140. The summed E-state index contributed by atoms with van der Waals surface area (Å²) in [6, 6.07) is 10.8. The van der Waals surface area contributed by atoms with Crippen molar-refractivity contribution in [1.82, 2.24) is 9.88 Å². The number of carbonyl (C=O) groups excluding carboxylic acids is 1. The number of anilines is 1. The van der Waals surface area contributed by atoms with Crippen LogP contribution in [-0.4, -0.2) is 55.1 Å². The van der Waals surface area contributed by atoms with Crippen molar-refractivity contribution in [3.05, 3.63) is 58.1 Å². The van der Waals surface area contributed by atoms with E-state index in [0.29, 0.717) is 5.78 Å². The molecule has 6 rings (SSSR count). The Morgan fingerprint density at radius 2 is 1.94 bits per heavy atom. The Morgan fingerprint density at radius 3 is 2.81 bits per heavy atom. The van der Waals surface area contributed by atoms with Gasteiger partial charge in [0.25, 0.3) is 0 Å². The van der Waals surface area contributed by atoms with Crippen LogP contribution in [0.15, 0.2) is 36.5 Å². The number of hydrogen-bond acceptors (Lipinski definition) is 6. The first-order valence-corrected chi connectivity index (χ1v) is 12.7. The second-order valence-electron chi connectivity index (χ2n) is 9.26. The average Bonchev–Trinajstić information content (AvgIpc) is 3.48. The fraction of sp³-hybridized carbons (Fsp3) is 0.462. The summed E-state index contributed by atoms with van der Waals surface area (Å²) in [7, 11) is 0. The Hall–Kier alpha value is -2.28. The molecule has 0 unspecified atom stereocenters. The maximum Gasteiger partial charge on any atom is 0.185 e. The second kappa shape index (κ2) is 8.58. The predicted octanol–water partition coefficient (Wildman–Crippen LogP) is 4.33. The number of morpholine rings is 1. The van der Waals surface area contributed by atoms with Crippen LogP contribution >= 0.6 is 11.3 Å². The Labute approximate surface area is 193 Å². The molecule has 0 N–H and O–H groups in total. The molecule has 3 heterocycles. The molecule has 0 saturated carbocycles. The third kappa shape index (κ3) is 3.74. The van der Waals surface area contributed by atoms with Crippen LogP contribution in [0.3, 0.4) is 0 Å². The molecule has 1 aromatic heterocycles. The summed E-state index contributed by atoms with van der Waals surface area (Å²) in [6.07, 6.45) is 6.28. The zero-order chi connectivity index (χ0) is 21.5. The molecule has 0 bridgehead atoms. The number of ketones is 1. The minimum Gasteiger partial charge on any atom is -0.378 e. The molecule has 2 aromatic carbocycles. The SMILES string of the molecule is O=C(c1ccc2c3c(cccc13)CC2)[C@H]1CCCN(Cc2cnc(N3CCOCC3)s2)C1. The fourth-order valence-electron chi connectivity index (χ4n) is 5.59. The zero-order valence-corrected chi connectivity index (χ0v) is 19.2. The smallest absolute Gasteiger partial charge is 0.185 e. The molecule has 166 valence electrons. The molecule has 3 aromatic rings. The molecule has 0 amide bonds. The van der Waals surface area contributed by atoms with Gasteiger partial charge in [0, 0.05) is 48.7 Å². The lowest BCUT2D eigenvalue weighted by Gasteiger charge is -2.31. The van der Waals surface area contributed by atoms with Crippen LogP contribution in [0, 0.1) is 5.92 Å². The zero-order valence-electron chi connectivity index (χ0n) is 18.4. The number of ether oxygens (including phenoxy) is 1. The monoisotopic (exact) mass is 447 g/mol. The van der Waals surface area contributed by atoms with Gasteiger partial charge in [-0.05, 0) is 54.1 Å². The minimum absolute atomic E-state index is 0.0776. The molecular weight excluding hydrogens is 418 g/mol. The van der Waals surface area contributed by atoms with Crippen LogP contribution in [0.5, 0.6) is 0 Å². The van der Waals surface area contributed by atoms with Crippen molar-refractivity contribution in [2.24, 2.45) is 5.92 Å². The van der Waals surface area contributed by atoms with Crippen LogP contribution in [0.2, 0.25) is 0 Å². The largest absolute Gasteiger partial charge is 0.378 e. The normalized spacial score (nSPS) is 21.4. The van der Waals surface area contributed by atoms with Gasteiger partial charge in [0.2, 0.25) is 0 Å². The highest BCUT2D eigenvalue weighted by Gasteiger charge is 2.29. The Balaban J connectivity index is 1.17. The maximum absolute atomic E-state index is 13.6. The van der Waals surface area contributed by atoms with E-state index in [2.05, 4.69) is 45.1 Å². The molecule has 2 saturated heterocycles. The first-order valence-electron chi connectivity index (χ1n) is 11.8. The van der Waals surface area contributed by atoms with Crippen molar-refractivity contribution in [1.29, 1.82) is 0 Å². The topological polar surface area (TPSA) is 45.7 Å². The molecule has 3 aliphatic rings. The lowest BCUT2D eigenvalue weighted by atomic mass is 9.87. The number of aromatic nitrogens is 1. The van der Waals surface area contributed by atoms with E-state index in [1.54, 1.807) is 11.3 Å². The van der Waals surface area contributed by atoms with E-state index in [1.807, 2.05) is 6.20 Å². The van der Waals surface area contributed by atoms with Crippen molar-refractivity contribution >= 4 is 33.0 Å². The number of hydrogen-bond donors (Lipinski definition) is 0. The highest BCUT2D eigenvalue weighted by molar-refractivity contribution is 7.15. The Kier molecular flexibility index (Phi) is 5.45. The van der Waals surface area contributed by atoms with Gasteiger partial charge in [-0.15, -0.1) is 11.3 Å². The van der Waals surface area contributed by atoms with Gasteiger partial charge in [-0.2, -0.15) is 0 Å². The van der Waals surface area contributed by atoms with Crippen LogP contribution < -0.4 is 4.90 Å². The third-order valence-corrected chi connectivity index (χ3v) is 8.26. The molecule has 0 radical (unpaired) electrons. The number of piperidine rings is 1. The summed E-state index contributed by atoms with van der Waals surface area (Å²) < 4.78 is 5.46. The van der Waals surface area contributed by atoms with Gasteiger partial charge in [0.05, 0.1) is 13.2 Å². The van der Waals surface area contributed by atoms with E-state index in [0.717, 1.165) is 87.7 Å². The first-order chi connectivity index (χ1) is 15.8. The van der Waals surface area contributed by atoms with Crippen LogP contribution in [-0.2, 0) is 24.1 Å². The quantitative estimate of drug-likeness (QED) is 0.545. The van der Waals surface area contributed by atoms with Crippen molar-refractivity contribution in [3.8, 4) is 0 Å². The molecule has 1 aliphatic carbocycles. The number of Topliss-reactive ketones (excluding diaryl/α,β-unsaturated/α-hetero) is 1. The number of aryl methyl sites for hydroxylation is 2. The van der Waals surface area contributed by atoms with E-state index in [-0.39, 0.29) is 5.92 Å². The van der Waals surface area contributed by atoms with Crippen LogP contribution in [0.4, 0.5) is 5.13 Å². The minimum atomic E-state index is 0.0776. The number of rotatable bonds is 5. The summed E-state index contributed by atoms with van der Waals surface area (Å²) in [5.41, 5.74) is 3.73. The van der Waals surface area contributed by atoms with Crippen molar-refractivity contribution in [3.63, 3.8) is 0 Å². The highest BCUT2D eigenvalue weighted by Crippen LogP contribution is 2.35. The maximum atomic E-state index is 13.6. The van der Waals surface area contributed by atoms with E-state index in [1.165, 1.54) is 21.4 Å². The van der Waals surface area contributed by atoms with Crippen molar-refractivity contribution < 1.29 is 9.53 Å². The van der Waals surface area contributed by atoms with Gasteiger partial charge in [-0.25, -0.2) is 4.98 Å². The summed E-state index contributed by atoms with van der Waals surface area (Å²) in [5, 5.41) is 3.60. The number of benzene rings is 2. The highest BCUT2D eigenvalue weighted by atomic mass is 32.1. The van der Waals surface area contributed by atoms with Gasteiger partial charge in [0.1, 0.15) is 0 Å². The van der Waals surface area contributed by atoms with Crippen molar-refractivity contribution in [2.75, 3.05) is 44.3 Å². The third-order valence-electron chi connectivity index (χ3n) is 7.22. The molecular formula is C26H29N3O2S. The number of likely N-dealkylation sites (tertiary alicyclic amines) is 1. The summed E-state index contributed by atoms with van der Waals surface area (Å²) >= 11 is 1.78. The molecule has 1 atom stereocenters. The van der Waals surface area contributed by atoms with E-state index >= 15 is 0 Å². The van der Waals surface area contributed by atoms with Gasteiger partial charge in [0.15, 0.2) is 10.9 Å². The van der Waals surface area contributed by atoms with Crippen LogP contribution in [0.1, 0.15) is 39.2 Å². The molecule has 32 heavy (non-hydrogen) atoms. The molecule has 2 fully saturated rings. The standard InChI is InChI=1S/C26H29N3O2S/c30-25(23-9-8-19-7-6-18-3-1-5-22(23)24(18)19)20-4-2-10-28(16-20)17-21-15-27-26(32-21)29-11-13-31-14-12-29/h1,3,5,8-9,15,20H,2,4,6-7,10-14,16-17H2/t20-/m0/s1. The molecule has 2 aliphatic heterocycles. The van der Waals surface area contributed by atoms with E-state index in [9.17, 15) is 4.79 Å². The summed E-state index contributed by atoms with van der Waals surface area (Å²) in [6.45, 7) is 6.17. The number of nitrogens with zero attached hydrogens (tertiary/aromatic N) is 3. The second-order valence-corrected chi connectivity index (χ2v) is 10.4. The summed E-state index contributed by atoms with van der Waals surface area (Å²) in [4.78, 5) is 24.3. The molecule has 5 nitrogen and oxygen atoms in total. The summed E-state index contributed by atoms with van der Waals surface area (Å²) in [5.74, 6) is 0.400.